The molecule has 2 aliphatic heterocycles. The summed E-state index contributed by atoms with van der Waals surface area (Å²) < 4.78 is 28.8. The quantitative estimate of drug-likeness (QED) is 0.847. The lowest BCUT2D eigenvalue weighted by molar-refractivity contribution is -0.0498. The van der Waals surface area contributed by atoms with Gasteiger partial charge in [0.2, 0.25) is 0 Å². The molecule has 0 bridgehead atoms. The molecule has 0 aliphatic carbocycles. The molecule has 0 saturated carbocycles. The van der Waals surface area contributed by atoms with Crippen LogP contribution in [0.25, 0.3) is 0 Å². The molecular weight excluding hydrogens is 274 g/mol. The molecule has 2 fully saturated rings. The van der Waals surface area contributed by atoms with Gasteiger partial charge in [-0.15, -0.1) is 0 Å². The van der Waals surface area contributed by atoms with Crippen LogP contribution in [0.5, 0.6) is 5.75 Å². The number of nitrogens with zero attached hydrogens (tertiary/aromatic N) is 2. The van der Waals surface area contributed by atoms with Crippen LogP contribution in [0.4, 0.5) is 14.5 Å². The van der Waals surface area contributed by atoms with Gasteiger partial charge in [-0.1, -0.05) is 6.92 Å². The molecule has 2 saturated heterocycles. The van der Waals surface area contributed by atoms with E-state index in [9.17, 15) is 8.78 Å². The van der Waals surface area contributed by atoms with Crippen LogP contribution < -0.4 is 9.64 Å². The van der Waals surface area contributed by atoms with Gasteiger partial charge in [-0.25, -0.2) is 0 Å². The zero-order valence-electron chi connectivity index (χ0n) is 12.3. The third kappa shape index (κ3) is 3.12. The first kappa shape index (κ1) is 14.6. The summed E-state index contributed by atoms with van der Waals surface area (Å²) in [6.45, 7) is 2.81. The lowest BCUT2D eigenvalue weighted by Crippen LogP contribution is -2.56. The van der Waals surface area contributed by atoms with Crippen molar-refractivity contribution in [2.45, 2.75) is 44.9 Å². The molecule has 0 radical (unpaired) electrons. The van der Waals surface area contributed by atoms with Crippen LogP contribution in [0.1, 0.15) is 26.2 Å². The molecule has 0 N–H and O–H groups in total. The first-order valence-electron chi connectivity index (χ1n) is 7.73. The SMILES string of the molecule is CCC1CN2CCCC2CN1c1ccc(OC(F)F)cc1. The molecule has 21 heavy (non-hydrogen) atoms. The maximum absolute atomic E-state index is 12.2. The third-order valence-electron chi connectivity index (χ3n) is 4.66. The minimum absolute atomic E-state index is 0.223. The summed E-state index contributed by atoms with van der Waals surface area (Å²) in [5.41, 5.74) is 1.11. The Kier molecular flexibility index (Phi) is 4.29. The molecule has 1 aromatic carbocycles. The van der Waals surface area contributed by atoms with Gasteiger partial charge in [0, 0.05) is 30.9 Å². The standard InChI is InChI=1S/C16H22F2N2O/c1-2-12-10-19-9-3-4-14(19)11-20(12)13-5-7-15(8-6-13)21-16(17)18/h5-8,12,14,16H,2-4,9-11H2,1H3. The van der Waals surface area contributed by atoms with Gasteiger partial charge in [-0.05, 0) is 50.1 Å². The summed E-state index contributed by atoms with van der Waals surface area (Å²) in [7, 11) is 0. The van der Waals surface area contributed by atoms with E-state index in [0.717, 1.165) is 25.2 Å². The van der Waals surface area contributed by atoms with Crippen molar-refractivity contribution in [2.75, 3.05) is 24.5 Å². The van der Waals surface area contributed by atoms with Crippen LogP contribution in [0.2, 0.25) is 0 Å². The molecule has 2 atom stereocenters. The highest BCUT2D eigenvalue weighted by atomic mass is 19.3. The second-order valence-electron chi connectivity index (χ2n) is 5.88. The molecule has 0 amide bonds. The van der Waals surface area contributed by atoms with Gasteiger partial charge >= 0.3 is 6.61 Å². The number of fused-ring (bicyclic) bond motifs is 1. The van der Waals surface area contributed by atoms with E-state index in [1.165, 1.54) is 19.4 Å². The first-order valence-corrected chi connectivity index (χ1v) is 7.73. The van der Waals surface area contributed by atoms with Crippen molar-refractivity contribution in [1.29, 1.82) is 0 Å². The highest BCUT2D eigenvalue weighted by molar-refractivity contribution is 5.51. The molecule has 3 rings (SSSR count). The summed E-state index contributed by atoms with van der Waals surface area (Å²) in [5.74, 6) is 0.223. The van der Waals surface area contributed by atoms with Crippen LogP contribution in [0.3, 0.4) is 0 Å². The van der Waals surface area contributed by atoms with Gasteiger partial charge in [-0.3, -0.25) is 4.90 Å². The monoisotopic (exact) mass is 296 g/mol. The maximum atomic E-state index is 12.2. The number of hydrogen-bond donors (Lipinski definition) is 0. The van der Waals surface area contributed by atoms with Crippen LogP contribution in [0, 0.1) is 0 Å². The zero-order valence-corrected chi connectivity index (χ0v) is 12.3. The summed E-state index contributed by atoms with van der Waals surface area (Å²) in [6.07, 6.45) is 3.65. The molecule has 2 aliphatic rings. The average molecular weight is 296 g/mol. The Labute approximate surface area is 124 Å². The van der Waals surface area contributed by atoms with E-state index in [-0.39, 0.29) is 5.75 Å². The van der Waals surface area contributed by atoms with Crippen molar-refractivity contribution >= 4 is 5.69 Å². The lowest BCUT2D eigenvalue weighted by Gasteiger charge is -2.45. The minimum atomic E-state index is -2.76. The fourth-order valence-electron chi connectivity index (χ4n) is 3.57. The number of benzene rings is 1. The molecule has 1 aromatic rings. The number of alkyl halides is 2. The first-order chi connectivity index (χ1) is 10.2. The van der Waals surface area contributed by atoms with Crippen molar-refractivity contribution in [3.63, 3.8) is 0 Å². The van der Waals surface area contributed by atoms with Crippen molar-refractivity contribution in [3.8, 4) is 5.75 Å². The number of rotatable bonds is 4. The fourth-order valence-corrected chi connectivity index (χ4v) is 3.57. The van der Waals surface area contributed by atoms with E-state index < -0.39 is 6.61 Å². The Hall–Kier alpha value is -1.36. The molecule has 3 nitrogen and oxygen atoms in total. The summed E-state index contributed by atoms with van der Waals surface area (Å²) in [6, 6.07) is 8.20. The van der Waals surface area contributed by atoms with Gasteiger partial charge in [-0.2, -0.15) is 8.78 Å². The molecule has 0 spiro atoms. The van der Waals surface area contributed by atoms with Gasteiger partial charge < -0.3 is 9.64 Å². The lowest BCUT2D eigenvalue weighted by atomic mass is 10.0. The predicted molar refractivity (Wildman–Crippen MR) is 79.1 cm³/mol. The second kappa shape index (κ2) is 6.18. The number of ether oxygens (including phenoxy) is 1. The van der Waals surface area contributed by atoms with Crippen LogP contribution in [-0.2, 0) is 0 Å². The van der Waals surface area contributed by atoms with Crippen LogP contribution in [0.15, 0.2) is 24.3 Å². The van der Waals surface area contributed by atoms with E-state index in [1.807, 2.05) is 12.1 Å². The summed E-state index contributed by atoms with van der Waals surface area (Å²) in [5, 5.41) is 0. The van der Waals surface area contributed by atoms with E-state index in [0.29, 0.717) is 12.1 Å². The Morgan fingerprint density at radius 3 is 2.67 bits per heavy atom. The smallest absolute Gasteiger partial charge is 0.387 e. The van der Waals surface area contributed by atoms with Gasteiger partial charge in [0.1, 0.15) is 5.75 Å². The van der Waals surface area contributed by atoms with Gasteiger partial charge in [0.15, 0.2) is 0 Å². The highest BCUT2D eigenvalue weighted by Crippen LogP contribution is 2.30. The second-order valence-corrected chi connectivity index (χ2v) is 5.88. The number of halogens is 2. The van der Waals surface area contributed by atoms with Gasteiger partial charge in [0.05, 0.1) is 0 Å². The molecule has 0 aromatic heterocycles. The van der Waals surface area contributed by atoms with Crippen LogP contribution in [-0.4, -0.2) is 43.2 Å². The minimum Gasteiger partial charge on any atom is -0.435 e. The Bertz CT molecular complexity index is 466. The van der Waals surface area contributed by atoms with Crippen molar-refractivity contribution in [1.82, 2.24) is 4.90 Å². The number of piperazine rings is 1. The van der Waals surface area contributed by atoms with E-state index in [4.69, 9.17) is 0 Å². The van der Waals surface area contributed by atoms with E-state index in [1.54, 1.807) is 12.1 Å². The van der Waals surface area contributed by atoms with Crippen molar-refractivity contribution < 1.29 is 13.5 Å². The summed E-state index contributed by atoms with van der Waals surface area (Å²) in [4.78, 5) is 5.03. The van der Waals surface area contributed by atoms with E-state index in [2.05, 4.69) is 21.5 Å². The zero-order chi connectivity index (χ0) is 14.8. The molecular formula is C16H22F2N2O. The normalized spacial score (nSPS) is 26.2. The number of hydrogen-bond acceptors (Lipinski definition) is 3. The Balaban J connectivity index is 1.74. The van der Waals surface area contributed by atoms with Crippen molar-refractivity contribution in [2.24, 2.45) is 0 Å². The third-order valence-corrected chi connectivity index (χ3v) is 4.66. The molecule has 2 unspecified atom stereocenters. The van der Waals surface area contributed by atoms with Gasteiger partial charge in [0.25, 0.3) is 0 Å². The molecule has 116 valence electrons. The average Bonchev–Trinajstić information content (AvgIpc) is 2.93. The van der Waals surface area contributed by atoms with Crippen molar-refractivity contribution in [3.05, 3.63) is 24.3 Å². The topological polar surface area (TPSA) is 15.7 Å². The Morgan fingerprint density at radius 2 is 2.00 bits per heavy atom. The predicted octanol–water partition coefficient (Wildman–Crippen LogP) is 3.35. The summed E-state index contributed by atoms with van der Waals surface area (Å²) >= 11 is 0. The molecule has 2 heterocycles. The van der Waals surface area contributed by atoms with E-state index >= 15 is 0 Å². The maximum Gasteiger partial charge on any atom is 0.387 e. The number of anilines is 1. The largest absolute Gasteiger partial charge is 0.435 e. The molecule has 5 heteroatoms. The van der Waals surface area contributed by atoms with Crippen LogP contribution >= 0.6 is 0 Å². The Morgan fingerprint density at radius 1 is 1.24 bits per heavy atom. The fraction of sp³-hybridized carbons (Fsp3) is 0.625. The highest BCUT2D eigenvalue weighted by Gasteiger charge is 2.35.